The van der Waals surface area contributed by atoms with Gasteiger partial charge in [0.25, 0.3) is 5.91 Å². The smallest absolute Gasteiger partial charge is 0.293 e. The quantitative estimate of drug-likeness (QED) is 0.709. The minimum atomic E-state index is -0.202. The number of hydrogen-bond acceptors (Lipinski definition) is 5. The molecule has 2 aliphatic heterocycles. The molecule has 7 heteroatoms. The van der Waals surface area contributed by atoms with E-state index in [2.05, 4.69) is 32.5 Å². The summed E-state index contributed by atoms with van der Waals surface area (Å²) in [5.74, 6) is 3.07. The van der Waals surface area contributed by atoms with Crippen LogP contribution in [0.5, 0.6) is 5.75 Å². The molecule has 2 atom stereocenters. The highest BCUT2D eigenvalue weighted by Gasteiger charge is 2.39. The van der Waals surface area contributed by atoms with Crippen molar-refractivity contribution in [3.05, 3.63) is 71.8 Å². The summed E-state index contributed by atoms with van der Waals surface area (Å²) >= 11 is 0. The zero-order chi connectivity index (χ0) is 20.5. The number of nitrogens with one attached hydrogen (secondary N) is 1. The van der Waals surface area contributed by atoms with Gasteiger partial charge in [-0.3, -0.25) is 9.69 Å². The molecule has 2 unspecified atom stereocenters. The van der Waals surface area contributed by atoms with Crippen LogP contribution in [-0.2, 0) is 19.5 Å². The average molecular weight is 403 g/mol. The van der Waals surface area contributed by atoms with Gasteiger partial charge in [-0.05, 0) is 41.7 Å². The van der Waals surface area contributed by atoms with E-state index >= 15 is 0 Å². The lowest BCUT2D eigenvalue weighted by Gasteiger charge is -2.25. The number of carbonyl (C=O) groups is 1. The van der Waals surface area contributed by atoms with E-state index in [9.17, 15) is 4.79 Å². The average Bonchev–Trinajstić information content (AvgIpc) is 3.36. The van der Waals surface area contributed by atoms with Gasteiger partial charge in [0.15, 0.2) is 0 Å². The second-order valence-electron chi connectivity index (χ2n) is 8.14. The Balaban J connectivity index is 1.26. The molecule has 1 saturated heterocycles. The summed E-state index contributed by atoms with van der Waals surface area (Å²) in [4.78, 5) is 15.2. The van der Waals surface area contributed by atoms with Gasteiger partial charge in [-0.1, -0.05) is 30.3 Å². The maximum atomic E-state index is 12.7. The van der Waals surface area contributed by atoms with Crippen molar-refractivity contribution in [2.45, 2.75) is 19.5 Å². The molecule has 0 spiro atoms. The number of nitrogens with zero attached hydrogens (tertiary/aromatic N) is 4. The lowest BCUT2D eigenvalue weighted by Crippen LogP contribution is -2.31. The number of ether oxygens (including phenoxy) is 1. The van der Waals surface area contributed by atoms with Gasteiger partial charge < -0.3 is 14.6 Å². The lowest BCUT2D eigenvalue weighted by atomic mass is 9.89. The Morgan fingerprint density at radius 1 is 1.03 bits per heavy atom. The molecule has 30 heavy (non-hydrogen) atoms. The molecular formula is C23H25N5O2. The Morgan fingerprint density at radius 2 is 1.80 bits per heavy atom. The summed E-state index contributed by atoms with van der Waals surface area (Å²) in [5.41, 5.74) is 2.05. The van der Waals surface area contributed by atoms with Crippen LogP contribution < -0.4 is 10.1 Å². The van der Waals surface area contributed by atoms with Crippen molar-refractivity contribution in [2.24, 2.45) is 11.8 Å². The number of rotatable bonds is 5. The molecule has 2 aromatic carbocycles. The van der Waals surface area contributed by atoms with E-state index in [-0.39, 0.29) is 5.91 Å². The summed E-state index contributed by atoms with van der Waals surface area (Å²) in [6.07, 6.45) is 0.870. The maximum Gasteiger partial charge on any atom is 0.293 e. The van der Waals surface area contributed by atoms with E-state index in [0.717, 1.165) is 49.9 Å². The monoisotopic (exact) mass is 403 g/mol. The highest BCUT2D eigenvalue weighted by Crippen LogP contribution is 2.33. The first-order chi connectivity index (χ1) is 14.7. The normalized spacial score (nSPS) is 20.4. The highest BCUT2D eigenvalue weighted by atomic mass is 16.5. The largest absolute Gasteiger partial charge is 0.497 e. The van der Waals surface area contributed by atoms with Gasteiger partial charge in [0.2, 0.25) is 5.82 Å². The number of para-hydroxylation sites is 1. The SMILES string of the molecule is COc1ccc(CN2CC3Cc4nnc(C(=O)Nc5ccccc5)n4CC3C2)cc1. The van der Waals surface area contributed by atoms with Crippen LogP contribution in [0.15, 0.2) is 54.6 Å². The van der Waals surface area contributed by atoms with Crippen molar-refractivity contribution in [3.8, 4) is 5.75 Å². The van der Waals surface area contributed by atoms with Crippen LogP contribution in [0.1, 0.15) is 22.0 Å². The fourth-order valence-electron chi connectivity index (χ4n) is 4.62. The molecule has 154 valence electrons. The second-order valence-corrected chi connectivity index (χ2v) is 8.14. The Labute approximate surface area is 175 Å². The minimum absolute atomic E-state index is 0.202. The molecule has 1 aromatic heterocycles. The zero-order valence-electron chi connectivity index (χ0n) is 17.0. The van der Waals surface area contributed by atoms with E-state index in [1.807, 2.05) is 47.0 Å². The third kappa shape index (κ3) is 3.68. The van der Waals surface area contributed by atoms with Crippen LogP contribution in [0.25, 0.3) is 0 Å². The third-order valence-corrected chi connectivity index (χ3v) is 6.14. The van der Waals surface area contributed by atoms with Crippen LogP contribution in [0.2, 0.25) is 0 Å². The number of fused-ring (bicyclic) bond motifs is 2. The molecule has 0 bridgehead atoms. The van der Waals surface area contributed by atoms with Gasteiger partial charge in [-0.15, -0.1) is 10.2 Å². The van der Waals surface area contributed by atoms with Crippen LogP contribution in [0, 0.1) is 11.8 Å². The van der Waals surface area contributed by atoms with E-state index in [0.29, 0.717) is 17.7 Å². The first-order valence-corrected chi connectivity index (χ1v) is 10.3. The maximum absolute atomic E-state index is 12.7. The Kier molecular flexibility index (Phi) is 4.96. The molecule has 1 amide bonds. The van der Waals surface area contributed by atoms with Gasteiger partial charge >= 0.3 is 0 Å². The summed E-state index contributed by atoms with van der Waals surface area (Å²) in [6, 6.07) is 17.7. The number of methoxy groups -OCH3 is 1. The van der Waals surface area contributed by atoms with Crippen LogP contribution in [-0.4, -0.2) is 45.8 Å². The molecule has 0 radical (unpaired) electrons. The predicted molar refractivity (Wildman–Crippen MR) is 113 cm³/mol. The van der Waals surface area contributed by atoms with Crippen molar-refractivity contribution < 1.29 is 9.53 Å². The summed E-state index contributed by atoms with van der Waals surface area (Å²) in [6.45, 7) is 3.80. The van der Waals surface area contributed by atoms with Gasteiger partial charge in [-0.2, -0.15) is 0 Å². The molecule has 1 fully saturated rings. The predicted octanol–water partition coefficient (Wildman–Crippen LogP) is 2.84. The van der Waals surface area contributed by atoms with Crippen molar-refractivity contribution in [3.63, 3.8) is 0 Å². The van der Waals surface area contributed by atoms with Crippen molar-refractivity contribution in [1.29, 1.82) is 0 Å². The molecule has 0 aliphatic carbocycles. The van der Waals surface area contributed by atoms with Crippen molar-refractivity contribution in [2.75, 3.05) is 25.5 Å². The number of carbonyl (C=O) groups excluding carboxylic acids is 1. The van der Waals surface area contributed by atoms with Gasteiger partial charge in [0.1, 0.15) is 11.6 Å². The van der Waals surface area contributed by atoms with Gasteiger partial charge in [0, 0.05) is 38.3 Å². The molecule has 1 N–H and O–H groups in total. The first kappa shape index (κ1) is 18.8. The van der Waals surface area contributed by atoms with Crippen LogP contribution in [0.4, 0.5) is 5.69 Å². The van der Waals surface area contributed by atoms with Gasteiger partial charge in [-0.25, -0.2) is 0 Å². The van der Waals surface area contributed by atoms with E-state index in [1.54, 1.807) is 7.11 Å². The number of likely N-dealkylation sites (tertiary alicyclic amines) is 1. The number of anilines is 1. The number of amides is 1. The van der Waals surface area contributed by atoms with E-state index in [1.165, 1.54) is 5.56 Å². The minimum Gasteiger partial charge on any atom is -0.497 e. The van der Waals surface area contributed by atoms with E-state index in [4.69, 9.17) is 4.74 Å². The summed E-state index contributed by atoms with van der Waals surface area (Å²) in [7, 11) is 1.69. The Bertz CT molecular complexity index is 1030. The first-order valence-electron chi connectivity index (χ1n) is 10.3. The van der Waals surface area contributed by atoms with Crippen LogP contribution >= 0.6 is 0 Å². The molecule has 5 rings (SSSR count). The number of benzene rings is 2. The zero-order valence-corrected chi connectivity index (χ0v) is 17.0. The fourth-order valence-corrected chi connectivity index (χ4v) is 4.62. The third-order valence-electron chi connectivity index (χ3n) is 6.14. The summed E-state index contributed by atoms with van der Waals surface area (Å²) < 4.78 is 7.26. The standard InChI is InChI=1S/C23H25N5O2/c1-30-20-9-7-16(8-10-20)12-27-13-17-11-21-25-26-22(28(21)15-18(17)14-27)23(29)24-19-5-3-2-4-6-19/h2-10,17-18H,11-15H2,1H3,(H,24,29). The van der Waals surface area contributed by atoms with E-state index < -0.39 is 0 Å². The fraction of sp³-hybridized carbons (Fsp3) is 0.348. The summed E-state index contributed by atoms with van der Waals surface area (Å²) in [5, 5.41) is 11.4. The van der Waals surface area contributed by atoms with Crippen LogP contribution in [0.3, 0.4) is 0 Å². The van der Waals surface area contributed by atoms with Gasteiger partial charge in [0.05, 0.1) is 7.11 Å². The highest BCUT2D eigenvalue weighted by molar-refractivity contribution is 6.01. The van der Waals surface area contributed by atoms with Crippen molar-refractivity contribution >= 4 is 11.6 Å². The molecule has 3 heterocycles. The molecule has 3 aromatic rings. The Hall–Kier alpha value is -3.19. The topological polar surface area (TPSA) is 72.3 Å². The van der Waals surface area contributed by atoms with Crippen molar-refractivity contribution in [1.82, 2.24) is 19.7 Å². The molecular weight excluding hydrogens is 378 g/mol. The molecule has 0 saturated carbocycles. The Morgan fingerprint density at radius 3 is 2.57 bits per heavy atom. The molecule has 2 aliphatic rings. The number of hydrogen-bond donors (Lipinski definition) is 1. The molecule has 7 nitrogen and oxygen atoms in total. The lowest BCUT2D eigenvalue weighted by molar-refractivity contribution is 0.100. The second kappa shape index (κ2) is 7.91. The number of aromatic nitrogens is 3.